The highest BCUT2D eigenvalue weighted by molar-refractivity contribution is 6.30. The number of fused-ring (bicyclic) bond motifs is 2. The minimum absolute atomic E-state index is 0.0130. The average Bonchev–Trinajstić information content (AvgIpc) is 3.22. The predicted molar refractivity (Wildman–Crippen MR) is 178 cm³/mol. The summed E-state index contributed by atoms with van der Waals surface area (Å²) in [7, 11) is 0. The first-order valence-electron chi connectivity index (χ1n) is 16.1. The number of carbonyl (C=O) groups is 1. The van der Waals surface area contributed by atoms with Gasteiger partial charge in [-0.1, -0.05) is 35.9 Å². The van der Waals surface area contributed by atoms with E-state index in [1.807, 2.05) is 72.6 Å². The molecule has 1 aromatic heterocycles. The van der Waals surface area contributed by atoms with E-state index in [4.69, 9.17) is 21.1 Å². The van der Waals surface area contributed by atoms with Crippen LogP contribution in [0.3, 0.4) is 0 Å². The van der Waals surface area contributed by atoms with Gasteiger partial charge in [-0.15, -0.1) is 0 Å². The summed E-state index contributed by atoms with van der Waals surface area (Å²) < 4.78 is 11.5. The summed E-state index contributed by atoms with van der Waals surface area (Å²) in [4.78, 5) is 19.3. The van der Waals surface area contributed by atoms with Gasteiger partial charge >= 0.3 is 5.97 Å². The van der Waals surface area contributed by atoms with E-state index in [9.17, 15) is 15.0 Å². The number of aliphatic hydroxyl groups is 2. The third-order valence-corrected chi connectivity index (χ3v) is 9.34. The first-order chi connectivity index (χ1) is 22.3. The highest BCUT2D eigenvalue weighted by atomic mass is 35.5. The van der Waals surface area contributed by atoms with Crippen molar-refractivity contribution in [2.24, 2.45) is 5.92 Å². The summed E-state index contributed by atoms with van der Waals surface area (Å²) in [5, 5.41) is 26.5. The van der Waals surface area contributed by atoms with Gasteiger partial charge in [0.05, 0.1) is 18.1 Å². The van der Waals surface area contributed by atoms with Crippen molar-refractivity contribution in [1.82, 2.24) is 20.3 Å². The first kappa shape index (κ1) is 32.1. The number of carbonyl (C=O) groups excluding carboxylic acids is 1. The fraction of sp³-hybridized carbons (Fsp3) is 0.389. The van der Waals surface area contributed by atoms with Gasteiger partial charge in [0.25, 0.3) is 0 Å². The molecule has 3 aliphatic heterocycles. The molecule has 0 spiro atoms. The van der Waals surface area contributed by atoms with Gasteiger partial charge in [-0.05, 0) is 92.6 Å². The Morgan fingerprint density at radius 1 is 1.15 bits per heavy atom. The molecule has 2 fully saturated rings. The first-order valence-corrected chi connectivity index (χ1v) is 16.5. The molecule has 6 rings (SSSR count). The van der Waals surface area contributed by atoms with E-state index >= 15 is 0 Å². The van der Waals surface area contributed by atoms with Gasteiger partial charge in [0, 0.05) is 59.9 Å². The molecule has 0 radical (unpaired) electrons. The van der Waals surface area contributed by atoms with Crippen molar-refractivity contribution in [1.29, 1.82) is 0 Å². The van der Waals surface area contributed by atoms with Crippen molar-refractivity contribution in [3.63, 3.8) is 0 Å². The molecule has 3 aliphatic rings. The van der Waals surface area contributed by atoms with Crippen molar-refractivity contribution in [2.45, 2.75) is 44.6 Å². The molecule has 0 aliphatic carbocycles. The van der Waals surface area contributed by atoms with Crippen molar-refractivity contribution in [3.8, 4) is 11.6 Å². The van der Waals surface area contributed by atoms with Crippen LogP contribution in [0.1, 0.15) is 50.2 Å². The number of aromatic nitrogens is 1. The number of likely N-dealkylation sites (tertiary alicyclic amines) is 1. The Hall–Kier alpha value is -3.89. The number of ether oxygens (including phenoxy) is 2. The van der Waals surface area contributed by atoms with E-state index < -0.39 is 5.60 Å². The zero-order valence-corrected chi connectivity index (χ0v) is 26.9. The molecule has 0 amide bonds. The van der Waals surface area contributed by atoms with E-state index in [2.05, 4.69) is 21.4 Å². The van der Waals surface area contributed by atoms with Crippen molar-refractivity contribution >= 4 is 35.1 Å². The number of aliphatic hydroxyl groups excluding tert-OH is 1. The van der Waals surface area contributed by atoms with Crippen LogP contribution >= 0.6 is 11.6 Å². The smallest absolute Gasteiger partial charge is 0.310 e. The maximum Gasteiger partial charge on any atom is 0.310 e. The minimum Gasteiger partial charge on any atom is -0.493 e. The second-order valence-corrected chi connectivity index (χ2v) is 12.6. The lowest BCUT2D eigenvalue weighted by Crippen LogP contribution is -2.48. The molecule has 0 unspecified atom stereocenters. The number of allylic oxidation sites excluding steroid dienone is 1. The van der Waals surface area contributed by atoms with E-state index in [0.717, 1.165) is 60.8 Å². The van der Waals surface area contributed by atoms with Crippen LogP contribution in [0.2, 0.25) is 5.02 Å². The molecule has 46 heavy (non-hydrogen) atoms. The highest BCUT2D eigenvalue weighted by Crippen LogP contribution is 2.34. The van der Waals surface area contributed by atoms with Crippen molar-refractivity contribution in [3.05, 3.63) is 93.5 Å². The molecular weight excluding hydrogens is 604 g/mol. The van der Waals surface area contributed by atoms with Gasteiger partial charge in [0.15, 0.2) is 0 Å². The summed E-state index contributed by atoms with van der Waals surface area (Å²) in [5.74, 6) is 0.645. The summed E-state index contributed by atoms with van der Waals surface area (Å²) in [6, 6.07) is 17.0. The number of rotatable bonds is 8. The van der Waals surface area contributed by atoms with E-state index in [-0.39, 0.29) is 17.8 Å². The Bertz CT molecular complexity index is 1700. The third kappa shape index (κ3) is 7.23. The van der Waals surface area contributed by atoms with Crippen molar-refractivity contribution in [2.75, 3.05) is 39.3 Å². The predicted octanol–water partition coefficient (Wildman–Crippen LogP) is 4.48. The third-order valence-electron chi connectivity index (χ3n) is 9.09. The number of piperidine rings is 2. The number of hydrogen-bond acceptors (Lipinski definition) is 9. The Balaban J connectivity index is 1.22. The number of hydrogen-bond donors (Lipinski definition) is 3. The van der Waals surface area contributed by atoms with E-state index in [1.165, 1.54) is 0 Å². The molecule has 9 nitrogen and oxygen atoms in total. The normalized spacial score (nSPS) is 21.2. The molecule has 1 atom stereocenters. The topological polar surface area (TPSA) is 107 Å². The molecule has 0 bridgehead atoms. The van der Waals surface area contributed by atoms with Crippen LogP contribution in [0.15, 0.2) is 66.9 Å². The Labute approximate surface area is 274 Å². The molecule has 0 saturated carbocycles. The zero-order valence-electron chi connectivity index (χ0n) is 26.1. The van der Waals surface area contributed by atoms with Crippen LogP contribution in [0.5, 0.6) is 11.6 Å². The van der Waals surface area contributed by atoms with Crippen LogP contribution in [-0.2, 0) is 15.1 Å². The van der Waals surface area contributed by atoms with E-state index in [0.29, 0.717) is 54.4 Å². The van der Waals surface area contributed by atoms with Gasteiger partial charge in [-0.2, -0.15) is 0 Å². The molecule has 3 N–H and O–H groups in total. The largest absolute Gasteiger partial charge is 0.493 e. The van der Waals surface area contributed by atoms with Crippen LogP contribution in [-0.4, -0.2) is 70.4 Å². The van der Waals surface area contributed by atoms with Crippen LogP contribution < -0.4 is 20.6 Å². The fourth-order valence-corrected chi connectivity index (χ4v) is 6.65. The minimum atomic E-state index is -0.836. The molecule has 2 saturated heterocycles. The molecular formula is C36H41ClN4O5. The highest BCUT2D eigenvalue weighted by Gasteiger charge is 2.33. The second-order valence-electron chi connectivity index (χ2n) is 12.1. The number of nitrogens with zero attached hydrogens (tertiary/aromatic N) is 3. The number of esters is 1. The maximum absolute atomic E-state index is 12.4. The van der Waals surface area contributed by atoms with Gasteiger partial charge < -0.3 is 24.6 Å². The number of halogens is 1. The SMILES string of the molecule is CCOC(=O)[C@H]1CCCN(NC(O)=c2cccc3c2=CC(=CCCN2CCC(O)(c4ccc(Cl)cc4)CC2)c2cccnc2O3)C1. The summed E-state index contributed by atoms with van der Waals surface area (Å²) in [6.45, 7) is 5.74. The lowest BCUT2D eigenvalue weighted by molar-refractivity contribution is -0.150. The average molecular weight is 645 g/mol. The number of hydrazine groups is 1. The molecule has 2 aromatic carbocycles. The van der Waals surface area contributed by atoms with Gasteiger partial charge in [0.2, 0.25) is 11.8 Å². The van der Waals surface area contributed by atoms with Gasteiger partial charge in [-0.3, -0.25) is 10.2 Å². The molecule has 4 heterocycles. The number of nitrogens with one attached hydrogen (secondary N) is 1. The maximum atomic E-state index is 12.4. The summed E-state index contributed by atoms with van der Waals surface area (Å²) >= 11 is 6.05. The Kier molecular flexibility index (Phi) is 9.94. The van der Waals surface area contributed by atoms with Crippen LogP contribution in [0, 0.1) is 5.92 Å². The number of pyridine rings is 1. The Morgan fingerprint density at radius 2 is 1.96 bits per heavy atom. The van der Waals surface area contributed by atoms with Crippen LogP contribution in [0.4, 0.5) is 0 Å². The molecule has 3 aromatic rings. The van der Waals surface area contributed by atoms with Crippen molar-refractivity contribution < 1.29 is 24.5 Å². The second kappa shape index (κ2) is 14.3. The summed E-state index contributed by atoms with van der Waals surface area (Å²) in [6.07, 6.45) is 9.63. The zero-order chi connectivity index (χ0) is 32.1. The number of benzene rings is 2. The fourth-order valence-electron chi connectivity index (χ4n) is 6.53. The standard InChI is InChI=1S/C36H41ClN4O5/c1-2-45-35(43)26-8-6-20-41(24-26)39-33(42)30-9-3-11-32-31(30)23-25(29-10-4-18-38-34(29)46-32)7-5-19-40-21-16-36(44,17-22-40)27-12-14-28(37)15-13-27/h3-4,7,9-15,18,23,26,39,42,44H,2,5-6,8,16-17,19-22,24H2,1H3/t26-/m0/s1. The quantitative estimate of drug-likeness (QED) is 0.306. The monoisotopic (exact) mass is 644 g/mol. The Morgan fingerprint density at radius 3 is 2.74 bits per heavy atom. The van der Waals surface area contributed by atoms with Gasteiger partial charge in [0.1, 0.15) is 5.75 Å². The molecule has 242 valence electrons. The lowest BCUT2D eigenvalue weighted by atomic mass is 9.84. The van der Waals surface area contributed by atoms with Gasteiger partial charge in [-0.25, -0.2) is 9.99 Å². The molecule has 10 heteroatoms. The lowest BCUT2D eigenvalue weighted by Gasteiger charge is -2.38. The van der Waals surface area contributed by atoms with Crippen LogP contribution in [0.25, 0.3) is 17.5 Å². The summed E-state index contributed by atoms with van der Waals surface area (Å²) in [5.41, 5.74) is 5.04. The van der Waals surface area contributed by atoms with E-state index in [1.54, 1.807) is 6.20 Å².